The summed E-state index contributed by atoms with van der Waals surface area (Å²) in [5.41, 5.74) is 1.19. The van der Waals surface area contributed by atoms with Crippen LogP contribution in [0.25, 0.3) is 0 Å². The second-order valence-corrected chi connectivity index (χ2v) is 4.94. The fourth-order valence-electron chi connectivity index (χ4n) is 2.38. The predicted molar refractivity (Wildman–Crippen MR) is 73.5 cm³/mol. The van der Waals surface area contributed by atoms with Crippen LogP contribution in [0.2, 0.25) is 0 Å². The van der Waals surface area contributed by atoms with Crippen LogP contribution < -0.4 is 14.8 Å². The van der Waals surface area contributed by atoms with Crippen molar-refractivity contribution in [1.82, 2.24) is 5.32 Å². The highest BCUT2D eigenvalue weighted by atomic mass is 16.5. The average Bonchev–Trinajstić information content (AvgIpc) is 2.41. The number of aryl methyl sites for hydroxylation is 1. The Morgan fingerprint density at radius 3 is 2.89 bits per heavy atom. The van der Waals surface area contributed by atoms with Gasteiger partial charge in [0.05, 0.1) is 13.7 Å². The molecule has 1 atom stereocenters. The first-order chi connectivity index (χ1) is 8.79. The SMILES string of the molecule is COc1cc(C)ccc1OCCC1CCCCN1. The molecular formula is C15H23NO2. The zero-order valence-electron chi connectivity index (χ0n) is 11.4. The number of hydrogen-bond acceptors (Lipinski definition) is 3. The minimum atomic E-state index is 0.621. The molecular weight excluding hydrogens is 226 g/mol. The van der Waals surface area contributed by atoms with Crippen LogP contribution in [0.4, 0.5) is 0 Å². The summed E-state index contributed by atoms with van der Waals surface area (Å²) in [7, 11) is 1.68. The minimum Gasteiger partial charge on any atom is -0.493 e. The lowest BCUT2D eigenvalue weighted by atomic mass is 10.0. The third-order valence-electron chi connectivity index (χ3n) is 3.46. The van der Waals surface area contributed by atoms with Gasteiger partial charge in [-0.1, -0.05) is 12.5 Å². The van der Waals surface area contributed by atoms with Gasteiger partial charge in [0, 0.05) is 6.04 Å². The summed E-state index contributed by atoms with van der Waals surface area (Å²) in [6, 6.07) is 6.67. The molecule has 3 heteroatoms. The summed E-state index contributed by atoms with van der Waals surface area (Å²) in [5.74, 6) is 1.67. The Balaban J connectivity index is 1.82. The van der Waals surface area contributed by atoms with E-state index in [2.05, 4.69) is 18.3 Å². The van der Waals surface area contributed by atoms with Crippen molar-refractivity contribution in [3.8, 4) is 11.5 Å². The molecule has 1 aliphatic heterocycles. The normalized spacial score (nSPS) is 19.6. The fraction of sp³-hybridized carbons (Fsp3) is 0.600. The van der Waals surface area contributed by atoms with Gasteiger partial charge in [-0.2, -0.15) is 0 Å². The molecule has 2 rings (SSSR count). The van der Waals surface area contributed by atoms with Crippen LogP contribution in [-0.2, 0) is 0 Å². The van der Waals surface area contributed by atoms with Crippen molar-refractivity contribution in [3.63, 3.8) is 0 Å². The van der Waals surface area contributed by atoms with E-state index in [1.165, 1.54) is 24.8 Å². The first-order valence-electron chi connectivity index (χ1n) is 6.80. The second kappa shape index (κ2) is 6.64. The van der Waals surface area contributed by atoms with Gasteiger partial charge in [0.25, 0.3) is 0 Å². The molecule has 0 aromatic heterocycles. The maximum absolute atomic E-state index is 5.82. The molecule has 1 aliphatic rings. The summed E-state index contributed by atoms with van der Waals surface area (Å²) in [6.07, 6.45) is 4.99. The van der Waals surface area contributed by atoms with Gasteiger partial charge in [-0.3, -0.25) is 0 Å². The zero-order chi connectivity index (χ0) is 12.8. The molecule has 1 saturated heterocycles. The molecule has 0 bridgehead atoms. The highest BCUT2D eigenvalue weighted by Crippen LogP contribution is 2.28. The predicted octanol–water partition coefficient (Wildman–Crippen LogP) is 2.91. The lowest BCUT2D eigenvalue weighted by molar-refractivity contribution is 0.257. The van der Waals surface area contributed by atoms with Gasteiger partial charge in [0.15, 0.2) is 11.5 Å². The Morgan fingerprint density at radius 1 is 1.28 bits per heavy atom. The van der Waals surface area contributed by atoms with Crippen molar-refractivity contribution >= 4 is 0 Å². The maximum atomic E-state index is 5.82. The smallest absolute Gasteiger partial charge is 0.161 e. The third-order valence-corrected chi connectivity index (χ3v) is 3.46. The Morgan fingerprint density at radius 2 is 2.17 bits per heavy atom. The van der Waals surface area contributed by atoms with Crippen LogP contribution in [0.3, 0.4) is 0 Å². The van der Waals surface area contributed by atoms with Gasteiger partial charge in [0.1, 0.15) is 0 Å². The van der Waals surface area contributed by atoms with Gasteiger partial charge < -0.3 is 14.8 Å². The summed E-state index contributed by atoms with van der Waals surface area (Å²) in [6.45, 7) is 3.95. The van der Waals surface area contributed by atoms with Gasteiger partial charge in [-0.05, 0) is 50.4 Å². The molecule has 1 N–H and O–H groups in total. The summed E-state index contributed by atoms with van der Waals surface area (Å²) < 4.78 is 11.1. The second-order valence-electron chi connectivity index (χ2n) is 4.94. The van der Waals surface area contributed by atoms with Crippen LogP contribution in [-0.4, -0.2) is 26.3 Å². The molecule has 0 amide bonds. The maximum Gasteiger partial charge on any atom is 0.161 e. The van der Waals surface area contributed by atoms with E-state index in [1.807, 2.05) is 12.1 Å². The van der Waals surface area contributed by atoms with Crippen LogP contribution in [0, 0.1) is 6.92 Å². The first-order valence-corrected chi connectivity index (χ1v) is 6.80. The molecule has 0 radical (unpaired) electrons. The van der Waals surface area contributed by atoms with Gasteiger partial charge in [-0.25, -0.2) is 0 Å². The molecule has 1 heterocycles. The van der Waals surface area contributed by atoms with Crippen molar-refractivity contribution in [2.45, 2.75) is 38.6 Å². The lowest BCUT2D eigenvalue weighted by Gasteiger charge is -2.23. The molecule has 1 unspecified atom stereocenters. The van der Waals surface area contributed by atoms with Gasteiger partial charge in [-0.15, -0.1) is 0 Å². The van der Waals surface area contributed by atoms with Gasteiger partial charge in [0.2, 0.25) is 0 Å². The van der Waals surface area contributed by atoms with Crippen molar-refractivity contribution in [2.24, 2.45) is 0 Å². The van der Waals surface area contributed by atoms with Crippen molar-refractivity contribution in [1.29, 1.82) is 0 Å². The number of piperidine rings is 1. The Bertz CT molecular complexity index is 373. The van der Waals surface area contributed by atoms with E-state index in [-0.39, 0.29) is 0 Å². The van der Waals surface area contributed by atoms with Crippen molar-refractivity contribution in [2.75, 3.05) is 20.3 Å². The number of hydrogen-bond donors (Lipinski definition) is 1. The Hall–Kier alpha value is -1.22. The van der Waals surface area contributed by atoms with E-state index in [0.717, 1.165) is 31.1 Å². The highest BCUT2D eigenvalue weighted by Gasteiger charge is 2.12. The lowest BCUT2D eigenvalue weighted by Crippen LogP contribution is -2.35. The molecule has 3 nitrogen and oxygen atoms in total. The number of nitrogens with one attached hydrogen (secondary N) is 1. The zero-order valence-corrected chi connectivity index (χ0v) is 11.4. The fourth-order valence-corrected chi connectivity index (χ4v) is 2.38. The summed E-state index contributed by atoms with van der Waals surface area (Å²) in [5, 5.41) is 3.53. The van der Waals surface area contributed by atoms with Crippen LogP contribution in [0.5, 0.6) is 11.5 Å². The quantitative estimate of drug-likeness (QED) is 0.870. The van der Waals surface area contributed by atoms with E-state index < -0.39 is 0 Å². The monoisotopic (exact) mass is 249 g/mol. The topological polar surface area (TPSA) is 30.5 Å². The standard InChI is InChI=1S/C15H23NO2/c1-12-6-7-14(15(11-12)17-2)18-10-8-13-5-3-4-9-16-13/h6-7,11,13,16H,3-5,8-10H2,1-2H3. The first kappa shape index (κ1) is 13.2. The van der Waals surface area contributed by atoms with E-state index in [1.54, 1.807) is 7.11 Å². The third kappa shape index (κ3) is 3.64. The van der Waals surface area contributed by atoms with Crippen LogP contribution in [0.15, 0.2) is 18.2 Å². The van der Waals surface area contributed by atoms with E-state index in [4.69, 9.17) is 9.47 Å². The molecule has 100 valence electrons. The molecule has 1 aromatic carbocycles. The van der Waals surface area contributed by atoms with E-state index in [9.17, 15) is 0 Å². The molecule has 1 aromatic rings. The average molecular weight is 249 g/mol. The van der Waals surface area contributed by atoms with Crippen molar-refractivity contribution < 1.29 is 9.47 Å². The van der Waals surface area contributed by atoms with Gasteiger partial charge >= 0.3 is 0 Å². The van der Waals surface area contributed by atoms with Crippen molar-refractivity contribution in [3.05, 3.63) is 23.8 Å². The largest absolute Gasteiger partial charge is 0.493 e. The molecule has 1 fully saturated rings. The Labute approximate surface area is 109 Å². The molecule has 0 saturated carbocycles. The number of benzene rings is 1. The minimum absolute atomic E-state index is 0.621. The van der Waals surface area contributed by atoms with Crippen LogP contribution in [0.1, 0.15) is 31.2 Å². The van der Waals surface area contributed by atoms with E-state index >= 15 is 0 Å². The Kier molecular flexibility index (Phi) is 4.88. The number of ether oxygens (including phenoxy) is 2. The summed E-state index contributed by atoms with van der Waals surface area (Å²) in [4.78, 5) is 0. The highest BCUT2D eigenvalue weighted by molar-refractivity contribution is 5.42. The van der Waals surface area contributed by atoms with Crippen LogP contribution >= 0.6 is 0 Å². The summed E-state index contributed by atoms with van der Waals surface area (Å²) >= 11 is 0. The van der Waals surface area contributed by atoms with E-state index in [0.29, 0.717) is 6.04 Å². The molecule has 0 aliphatic carbocycles. The number of rotatable bonds is 5. The number of methoxy groups -OCH3 is 1. The molecule has 0 spiro atoms. The molecule has 18 heavy (non-hydrogen) atoms.